The van der Waals surface area contributed by atoms with E-state index in [1.165, 1.54) is 36.5 Å². The molecule has 0 aliphatic rings. The molecule has 0 aliphatic carbocycles. The number of hydrogen-bond donors (Lipinski definition) is 2. The van der Waals surface area contributed by atoms with Crippen molar-refractivity contribution in [1.29, 1.82) is 0 Å². The summed E-state index contributed by atoms with van der Waals surface area (Å²) in [5, 5.41) is 14.7. The third-order valence-electron chi connectivity index (χ3n) is 4.70. The molecule has 3 rings (SSSR count). The highest BCUT2D eigenvalue weighted by Crippen LogP contribution is 2.13. The molecule has 1 atom stereocenters. The van der Waals surface area contributed by atoms with Gasteiger partial charge in [-0.1, -0.05) is 60.2 Å². The SMILES string of the molecule is Cc1ccc(S(=O)(=O)NC(Cc2ccccc2)C(=O)N/N=C/c2cccc([N+](=O)[O-])c2)cc1. The monoisotopic (exact) mass is 466 g/mol. The normalized spacial score (nSPS) is 12.4. The first-order valence-electron chi connectivity index (χ1n) is 9.95. The van der Waals surface area contributed by atoms with E-state index in [1.54, 1.807) is 42.5 Å². The van der Waals surface area contributed by atoms with Gasteiger partial charge in [0.15, 0.2) is 0 Å². The molecular weight excluding hydrogens is 444 g/mol. The summed E-state index contributed by atoms with van der Waals surface area (Å²) >= 11 is 0. The van der Waals surface area contributed by atoms with Crippen molar-refractivity contribution in [3.05, 3.63) is 106 Å². The summed E-state index contributed by atoms with van der Waals surface area (Å²) in [5.41, 5.74) is 4.27. The Morgan fingerprint density at radius 2 is 1.76 bits per heavy atom. The van der Waals surface area contributed by atoms with Gasteiger partial charge in [0.25, 0.3) is 11.6 Å². The molecule has 2 N–H and O–H groups in total. The quantitative estimate of drug-likeness (QED) is 0.284. The van der Waals surface area contributed by atoms with Crippen molar-refractivity contribution in [3.8, 4) is 0 Å². The van der Waals surface area contributed by atoms with E-state index in [9.17, 15) is 23.3 Å². The number of nitrogens with zero attached hydrogens (tertiary/aromatic N) is 2. The van der Waals surface area contributed by atoms with Gasteiger partial charge in [0, 0.05) is 17.7 Å². The Morgan fingerprint density at radius 3 is 2.42 bits per heavy atom. The lowest BCUT2D eigenvalue weighted by Gasteiger charge is -2.17. The van der Waals surface area contributed by atoms with Crippen LogP contribution in [-0.4, -0.2) is 31.5 Å². The molecule has 0 heterocycles. The van der Waals surface area contributed by atoms with E-state index in [1.807, 2.05) is 13.0 Å². The van der Waals surface area contributed by atoms with E-state index in [2.05, 4.69) is 15.2 Å². The smallest absolute Gasteiger partial charge is 0.270 e. The Balaban J connectivity index is 1.78. The predicted octanol–water partition coefficient (Wildman–Crippen LogP) is 2.94. The summed E-state index contributed by atoms with van der Waals surface area (Å²) < 4.78 is 28.2. The van der Waals surface area contributed by atoms with Gasteiger partial charge in [-0.05, 0) is 31.0 Å². The van der Waals surface area contributed by atoms with Gasteiger partial charge in [-0.3, -0.25) is 14.9 Å². The Kier molecular flexibility index (Phi) is 7.65. The summed E-state index contributed by atoms with van der Waals surface area (Å²) in [7, 11) is -3.97. The maximum atomic E-state index is 12.9. The van der Waals surface area contributed by atoms with Crippen molar-refractivity contribution >= 4 is 27.8 Å². The zero-order chi connectivity index (χ0) is 23.8. The Morgan fingerprint density at radius 1 is 1.06 bits per heavy atom. The molecule has 0 aliphatic heterocycles. The Labute approximate surface area is 191 Å². The minimum atomic E-state index is -3.97. The van der Waals surface area contributed by atoms with Crippen LogP contribution in [0.3, 0.4) is 0 Å². The number of benzene rings is 3. The highest BCUT2D eigenvalue weighted by atomic mass is 32.2. The van der Waals surface area contributed by atoms with Gasteiger partial charge in [0.1, 0.15) is 6.04 Å². The lowest BCUT2D eigenvalue weighted by atomic mass is 10.1. The molecule has 1 amide bonds. The molecule has 3 aromatic carbocycles. The molecule has 33 heavy (non-hydrogen) atoms. The lowest BCUT2D eigenvalue weighted by Crippen LogP contribution is -2.46. The number of nitro groups is 1. The van der Waals surface area contributed by atoms with E-state index in [0.717, 1.165) is 11.1 Å². The molecule has 0 bridgehead atoms. The second kappa shape index (κ2) is 10.6. The van der Waals surface area contributed by atoms with Crippen molar-refractivity contribution < 1.29 is 18.1 Å². The van der Waals surface area contributed by atoms with Crippen LogP contribution in [0.15, 0.2) is 88.9 Å². The molecule has 10 heteroatoms. The van der Waals surface area contributed by atoms with Crippen LogP contribution >= 0.6 is 0 Å². The minimum Gasteiger partial charge on any atom is -0.271 e. The molecule has 0 spiro atoms. The van der Waals surface area contributed by atoms with E-state index >= 15 is 0 Å². The second-order valence-electron chi connectivity index (χ2n) is 7.26. The average molecular weight is 467 g/mol. The summed E-state index contributed by atoms with van der Waals surface area (Å²) in [6.45, 7) is 1.84. The number of hydrazone groups is 1. The fraction of sp³-hybridized carbons (Fsp3) is 0.130. The Hall–Kier alpha value is -3.89. The molecule has 170 valence electrons. The summed E-state index contributed by atoms with van der Waals surface area (Å²) in [4.78, 5) is 23.2. The first-order chi connectivity index (χ1) is 15.7. The van der Waals surface area contributed by atoms with Crippen LogP contribution in [-0.2, 0) is 21.2 Å². The number of rotatable bonds is 9. The van der Waals surface area contributed by atoms with Crippen molar-refractivity contribution in [1.82, 2.24) is 10.1 Å². The topological polar surface area (TPSA) is 131 Å². The van der Waals surface area contributed by atoms with Gasteiger partial charge < -0.3 is 0 Å². The number of amides is 1. The van der Waals surface area contributed by atoms with Crippen LogP contribution in [0.4, 0.5) is 5.69 Å². The number of nitro benzene ring substituents is 1. The molecule has 9 nitrogen and oxygen atoms in total. The molecule has 0 saturated heterocycles. The van der Waals surface area contributed by atoms with E-state index in [0.29, 0.717) is 5.56 Å². The van der Waals surface area contributed by atoms with Crippen molar-refractivity contribution in [2.75, 3.05) is 0 Å². The highest BCUT2D eigenvalue weighted by Gasteiger charge is 2.26. The predicted molar refractivity (Wildman–Crippen MR) is 124 cm³/mol. The van der Waals surface area contributed by atoms with Crippen molar-refractivity contribution in [2.24, 2.45) is 5.10 Å². The van der Waals surface area contributed by atoms with Gasteiger partial charge in [-0.2, -0.15) is 9.82 Å². The number of hydrogen-bond acceptors (Lipinski definition) is 6. The molecule has 3 aromatic rings. The fourth-order valence-corrected chi connectivity index (χ4v) is 4.17. The van der Waals surface area contributed by atoms with Crippen LogP contribution in [0.1, 0.15) is 16.7 Å². The van der Waals surface area contributed by atoms with Gasteiger partial charge in [-0.25, -0.2) is 13.8 Å². The van der Waals surface area contributed by atoms with Gasteiger partial charge in [0.2, 0.25) is 10.0 Å². The third kappa shape index (κ3) is 6.79. The number of non-ortho nitro benzene ring substituents is 1. The van der Waals surface area contributed by atoms with Gasteiger partial charge in [0.05, 0.1) is 16.0 Å². The second-order valence-corrected chi connectivity index (χ2v) is 8.98. The average Bonchev–Trinajstić information content (AvgIpc) is 2.79. The summed E-state index contributed by atoms with van der Waals surface area (Å²) in [6.07, 6.45) is 1.35. The zero-order valence-corrected chi connectivity index (χ0v) is 18.5. The van der Waals surface area contributed by atoms with Gasteiger partial charge >= 0.3 is 0 Å². The van der Waals surface area contributed by atoms with Crippen LogP contribution in [0.25, 0.3) is 0 Å². The Bertz CT molecular complexity index is 1260. The molecular formula is C23H22N4O5S. The number of sulfonamides is 1. The van der Waals surface area contributed by atoms with E-state index in [4.69, 9.17) is 0 Å². The first-order valence-corrected chi connectivity index (χ1v) is 11.4. The maximum absolute atomic E-state index is 12.9. The summed E-state index contributed by atoms with van der Waals surface area (Å²) in [6, 6.07) is 19.8. The number of carbonyl (C=O) groups is 1. The fourth-order valence-electron chi connectivity index (χ4n) is 2.98. The maximum Gasteiger partial charge on any atom is 0.270 e. The largest absolute Gasteiger partial charge is 0.271 e. The van der Waals surface area contributed by atoms with Crippen molar-refractivity contribution in [2.45, 2.75) is 24.3 Å². The van der Waals surface area contributed by atoms with Crippen LogP contribution < -0.4 is 10.1 Å². The zero-order valence-electron chi connectivity index (χ0n) is 17.7. The van der Waals surface area contributed by atoms with Crippen molar-refractivity contribution in [3.63, 3.8) is 0 Å². The molecule has 0 radical (unpaired) electrons. The summed E-state index contributed by atoms with van der Waals surface area (Å²) in [5.74, 6) is -0.670. The van der Waals surface area contributed by atoms with Crippen LogP contribution in [0.2, 0.25) is 0 Å². The van der Waals surface area contributed by atoms with E-state index in [-0.39, 0.29) is 17.0 Å². The number of aryl methyl sites for hydroxylation is 1. The number of carbonyl (C=O) groups excluding carboxylic acids is 1. The highest BCUT2D eigenvalue weighted by molar-refractivity contribution is 7.89. The standard InChI is InChI=1S/C23H22N4O5S/c1-17-10-12-21(13-11-17)33(31,32)26-22(15-18-6-3-2-4-7-18)23(28)25-24-16-19-8-5-9-20(14-19)27(29)30/h2-14,16,22,26H,15H2,1H3,(H,25,28)/b24-16+. The van der Waals surface area contributed by atoms with E-state index < -0.39 is 26.9 Å². The first kappa shape index (κ1) is 23.8. The van der Waals surface area contributed by atoms with Gasteiger partial charge in [-0.15, -0.1) is 0 Å². The molecule has 0 fully saturated rings. The third-order valence-corrected chi connectivity index (χ3v) is 6.18. The van der Waals surface area contributed by atoms with Crippen LogP contribution in [0.5, 0.6) is 0 Å². The minimum absolute atomic E-state index is 0.0408. The number of nitrogens with one attached hydrogen (secondary N) is 2. The molecule has 0 aromatic heterocycles. The van der Waals surface area contributed by atoms with Crippen LogP contribution in [0, 0.1) is 17.0 Å². The lowest BCUT2D eigenvalue weighted by molar-refractivity contribution is -0.384. The molecule has 0 saturated carbocycles. The molecule has 1 unspecified atom stereocenters.